The summed E-state index contributed by atoms with van der Waals surface area (Å²) < 4.78 is 0. The van der Waals surface area contributed by atoms with Gasteiger partial charge in [-0.3, -0.25) is 15.0 Å². The van der Waals surface area contributed by atoms with E-state index in [0.29, 0.717) is 21.6 Å². The van der Waals surface area contributed by atoms with Crippen LogP contribution in [-0.2, 0) is 4.79 Å². The van der Waals surface area contributed by atoms with E-state index in [2.05, 4.69) is 66.6 Å². The number of piperazine rings is 1. The first-order valence-corrected chi connectivity index (χ1v) is 14.5. The summed E-state index contributed by atoms with van der Waals surface area (Å²) in [6.07, 6.45) is 5.48. The Balaban J connectivity index is 1.19. The summed E-state index contributed by atoms with van der Waals surface area (Å²) in [4.78, 5) is 20.6. The molecule has 2 saturated heterocycles. The maximum absolute atomic E-state index is 13.7. The summed E-state index contributed by atoms with van der Waals surface area (Å²) >= 11 is 7.27. The highest BCUT2D eigenvalue weighted by Crippen LogP contribution is 2.40. The number of anilines is 3. The zero-order valence-corrected chi connectivity index (χ0v) is 23.6. The maximum Gasteiger partial charge on any atom is 0.243 e. The molecule has 2 aliphatic heterocycles. The van der Waals surface area contributed by atoms with Crippen molar-refractivity contribution in [3.8, 4) is 0 Å². The third-order valence-electron chi connectivity index (χ3n) is 8.14. The number of hydrogen-bond acceptors (Lipinski definition) is 10. The Morgan fingerprint density at radius 1 is 1.03 bits per heavy atom. The fraction of sp³-hybridized carbons (Fsp3) is 0.720. The molecule has 2 N–H and O–H groups in total. The summed E-state index contributed by atoms with van der Waals surface area (Å²) in [6.45, 7) is 10.2. The van der Waals surface area contributed by atoms with Crippen molar-refractivity contribution in [2.75, 3.05) is 61.8 Å². The van der Waals surface area contributed by atoms with Gasteiger partial charge in [0, 0.05) is 45.3 Å². The standard InChI is InChI=1S/C25H38ClN9OS/c1-25(2)9-6-17(7-10-25)21(34-14-12-33(3)13-15-34)22(36)28-24-32-31-23(37-24)27-18-8-11-35(16-18)20-5-4-19(26)29-30-20/h4-5,17-18,21H,6-16H2,1-3H3,(H,27,31)(H,28,32,36)/t18-,21-/m1/s1. The lowest BCUT2D eigenvalue weighted by Gasteiger charge is -2.44. The first-order valence-electron chi connectivity index (χ1n) is 13.3. The van der Waals surface area contributed by atoms with Gasteiger partial charge in [-0.25, -0.2) is 0 Å². The van der Waals surface area contributed by atoms with Crippen molar-refractivity contribution in [1.29, 1.82) is 0 Å². The second-order valence-electron chi connectivity index (χ2n) is 11.5. The number of nitrogens with zero attached hydrogens (tertiary/aromatic N) is 7. The molecule has 0 unspecified atom stereocenters. The molecule has 0 bridgehead atoms. The number of aromatic nitrogens is 4. The van der Waals surface area contributed by atoms with Gasteiger partial charge in [0.2, 0.25) is 16.2 Å². The fourth-order valence-electron chi connectivity index (χ4n) is 5.77. The molecule has 3 fully saturated rings. The number of amides is 1. The minimum absolute atomic E-state index is 0.0605. The lowest BCUT2D eigenvalue weighted by Crippen LogP contribution is -2.56. The predicted molar refractivity (Wildman–Crippen MR) is 148 cm³/mol. The van der Waals surface area contributed by atoms with Crippen molar-refractivity contribution in [3.05, 3.63) is 17.3 Å². The molecule has 4 heterocycles. The van der Waals surface area contributed by atoms with Crippen LogP contribution in [0.25, 0.3) is 0 Å². The van der Waals surface area contributed by atoms with Crippen LogP contribution in [0.4, 0.5) is 16.1 Å². The first kappa shape index (κ1) is 26.5. The van der Waals surface area contributed by atoms with Crippen LogP contribution in [0.1, 0.15) is 46.0 Å². The number of rotatable bonds is 7. The topological polar surface area (TPSA) is 102 Å². The van der Waals surface area contributed by atoms with Gasteiger partial charge in [-0.05, 0) is 62.6 Å². The van der Waals surface area contributed by atoms with Crippen molar-refractivity contribution in [3.63, 3.8) is 0 Å². The maximum atomic E-state index is 13.7. The van der Waals surface area contributed by atoms with Gasteiger partial charge in [0.1, 0.15) is 0 Å². The van der Waals surface area contributed by atoms with Crippen molar-refractivity contribution in [2.45, 2.75) is 58.0 Å². The zero-order chi connectivity index (χ0) is 26.0. The minimum atomic E-state index is -0.117. The Labute approximate surface area is 228 Å². The Morgan fingerprint density at radius 2 is 1.76 bits per heavy atom. The van der Waals surface area contributed by atoms with E-state index in [-0.39, 0.29) is 18.0 Å². The van der Waals surface area contributed by atoms with Crippen LogP contribution in [0.3, 0.4) is 0 Å². The molecule has 2 atom stereocenters. The molecule has 1 amide bonds. The van der Waals surface area contributed by atoms with Gasteiger partial charge in [-0.15, -0.1) is 20.4 Å². The molecule has 3 aliphatic rings. The van der Waals surface area contributed by atoms with Gasteiger partial charge in [-0.2, -0.15) is 0 Å². The lowest BCUT2D eigenvalue weighted by atomic mass is 9.70. The second kappa shape index (κ2) is 11.3. The van der Waals surface area contributed by atoms with E-state index in [1.54, 1.807) is 6.07 Å². The van der Waals surface area contributed by atoms with Crippen LogP contribution in [0.2, 0.25) is 5.15 Å². The molecule has 2 aromatic rings. The number of hydrogen-bond donors (Lipinski definition) is 2. The molecule has 202 valence electrons. The monoisotopic (exact) mass is 547 g/mol. The summed E-state index contributed by atoms with van der Waals surface area (Å²) in [6, 6.07) is 3.75. The highest BCUT2D eigenvalue weighted by molar-refractivity contribution is 7.19. The van der Waals surface area contributed by atoms with Crippen molar-refractivity contribution < 1.29 is 4.79 Å². The molecule has 0 radical (unpaired) electrons. The third kappa shape index (κ3) is 6.68. The van der Waals surface area contributed by atoms with E-state index in [1.165, 1.54) is 24.2 Å². The van der Waals surface area contributed by atoms with E-state index in [0.717, 1.165) is 69.5 Å². The summed E-state index contributed by atoms with van der Waals surface area (Å²) in [5.74, 6) is 1.26. The van der Waals surface area contributed by atoms with Crippen LogP contribution >= 0.6 is 22.9 Å². The van der Waals surface area contributed by atoms with E-state index >= 15 is 0 Å². The molecular weight excluding hydrogens is 510 g/mol. The van der Waals surface area contributed by atoms with E-state index in [1.807, 2.05) is 6.07 Å². The minimum Gasteiger partial charge on any atom is -0.355 e. The molecule has 37 heavy (non-hydrogen) atoms. The van der Waals surface area contributed by atoms with Gasteiger partial charge in [-0.1, -0.05) is 36.8 Å². The average molecular weight is 548 g/mol. The summed E-state index contributed by atoms with van der Waals surface area (Å²) in [7, 11) is 2.15. The predicted octanol–water partition coefficient (Wildman–Crippen LogP) is 3.44. The largest absolute Gasteiger partial charge is 0.355 e. The molecule has 1 saturated carbocycles. The van der Waals surface area contributed by atoms with Crippen molar-refractivity contribution in [2.24, 2.45) is 11.3 Å². The Morgan fingerprint density at radius 3 is 2.46 bits per heavy atom. The Bertz CT molecular complexity index is 1050. The van der Waals surface area contributed by atoms with Gasteiger partial charge in [0.05, 0.1) is 6.04 Å². The van der Waals surface area contributed by atoms with Crippen LogP contribution in [-0.4, -0.2) is 94.5 Å². The molecule has 1 aliphatic carbocycles. The van der Waals surface area contributed by atoms with Gasteiger partial charge in [0.15, 0.2) is 11.0 Å². The molecule has 12 heteroatoms. The Hall–Kier alpha value is -2.08. The lowest BCUT2D eigenvalue weighted by molar-refractivity contribution is -0.125. The second-order valence-corrected chi connectivity index (χ2v) is 12.8. The van der Waals surface area contributed by atoms with E-state index < -0.39 is 0 Å². The average Bonchev–Trinajstić information content (AvgIpc) is 3.52. The molecule has 2 aromatic heterocycles. The quantitative estimate of drug-likeness (QED) is 0.539. The first-order chi connectivity index (χ1) is 17.8. The summed E-state index contributed by atoms with van der Waals surface area (Å²) in [5, 5.41) is 25.0. The van der Waals surface area contributed by atoms with Crippen LogP contribution in [0, 0.1) is 11.3 Å². The van der Waals surface area contributed by atoms with Gasteiger partial charge < -0.3 is 15.1 Å². The van der Waals surface area contributed by atoms with Gasteiger partial charge >= 0.3 is 0 Å². The van der Waals surface area contributed by atoms with Gasteiger partial charge in [0.25, 0.3) is 0 Å². The molecule has 5 rings (SSSR count). The number of halogens is 1. The smallest absolute Gasteiger partial charge is 0.243 e. The number of carbonyl (C=O) groups excluding carboxylic acids is 1. The van der Waals surface area contributed by atoms with Crippen molar-refractivity contribution in [1.82, 2.24) is 30.2 Å². The van der Waals surface area contributed by atoms with Crippen molar-refractivity contribution >= 4 is 44.9 Å². The van der Waals surface area contributed by atoms with E-state index in [4.69, 9.17) is 11.6 Å². The number of likely N-dealkylation sites (N-methyl/N-ethyl adjacent to an activating group) is 1. The summed E-state index contributed by atoms with van der Waals surface area (Å²) in [5.41, 5.74) is 0.370. The fourth-order valence-corrected chi connectivity index (χ4v) is 6.59. The third-order valence-corrected chi connectivity index (χ3v) is 9.11. The molecule has 10 nitrogen and oxygen atoms in total. The zero-order valence-electron chi connectivity index (χ0n) is 22.0. The SMILES string of the molecule is CN1CCN([C@@H](C(=O)Nc2nnc(N[C@@H]3CCN(c4ccc(Cl)nn4)C3)s2)C2CCC(C)(C)CC2)CC1. The molecular formula is C25H38ClN9OS. The number of carbonyl (C=O) groups is 1. The molecule has 0 spiro atoms. The highest BCUT2D eigenvalue weighted by Gasteiger charge is 2.39. The molecule has 0 aromatic carbocycles. The number of nitrogens with one attached hydrogen (secondary N) is 2. The van der Waals surface area contributed by atoms with Crippen LogP contribution in [0.5, 0.6) is 0 Å². The normalized spacial score (nSPS) is 24.2. The van der Waals surface area contributed by atoms with E-state index in [9.17, 15) is 4.79 Å². The highest BCUT2D eigenvalue weighted by atomic mass is 35.5. The van der Waals surface area contributed by atoms with Crippen LogP contribution < -0.4 is 15.5 Å². The Kier molecular flexibility index (Phi) is 8.13. The van der Waals surface area contributed by atoms with Crippen LogP contribution in [0.15, 0.2) is 12.1 Å².